The van der Waals surface area contributed by atoms with Crippen molar-refractivity contribution in [3.05, 3.63) is 24.5 Å². The van der Waals surface area contributed by atoms with Crippen LogP contribution in [0.2, 0.25) is 0 Å². The number of nitrogens with one attached hydrogen (secondary N) is 1. The van der Waals surface area contributed by atoms with Gasteiger partial charge in [-0.15, -0.1) is 0 Å². The van der Waals surface area contributed by atoms with Crippen molar-refractivity contribution < 1.29 is 22.2 Å². The van der Waals surface area contributed by atoms with Crippen molar-refractivity contribution in [2.75, 3.05) is 26.2 Å². The van der Waals surface area contributed by atoms with Crippen LogP contribution in [0.3, 0.4) is 0 Å². The summed E-state index contributed by atoms with van der Waals surface area (Å²) in [7, 11) is -4.88. The summed E-state index contributed by atoms with van der Waals surface area (Å²) >= 11 is 0. The number of aromatic nitrogens is 5. The van der Waals surface area contributed by atoms with Crippen LogP contribution < -0.4 is 0 Å². The Balaban J connectivity index is 0.847. The molecule has 14 heteroatoms. The van der Waals surface area contributed by atoms with Gasteiger partial charge >= 0.3 is 11.5 Å². The number of hydrogen-bond acceptors (Lipinski definition) is 6. The van der Waals surface area contributed by atoms with Gasteiger partial charge in [0, 0.05) is 55.7 Å². The summed E-state index contributed by atoms with van der Waals surface area (Å²) in [6.45, 7) is 3.47. The van der Waals surface area contributed by atoms with E-state index in [4.69, 9.17) is 4.78 Å². The molecule has 2 saturated heterocycles. The molecular weight excluding hydrogens is 509 g/mol. The van der Waals surface area contributed by atoms with Gasteiger partial charge in [0.05, 0.1) is 17.1 Å². The maximum Gasteiger partial charge on any atom is 0.483 e. The van der Waals surface area contributed by atoms with Crippen molar-refractivity contribution in [3.63, 3.8) is 0 Å². The van der Waals surface area contributed by atoms with E-state index in [0.717, 1.165) is 70.1 Å². The smallest absolute Gasteiger partial charge is 0.323 e. The molecule has 2 spiro atoms. The predicted octanol–water partition coefficient (Wildman–Crippen LogP) is 3.45. The summed E-state index contributed by atoms with van der Waals surface area (Å²) in [4.78, 5) is 20.6. The number of carbonyl (C=O) groups excluding carboxylic acids is 1. The van der Waals surface area contributed by atoms with Crippen molar-refractivity contribution >= 4 is 15.8 Å². The largest absolute Gasteiger partial charge is 0.483 e. The zero-order valence-electron chi connectivity index (χ0n) is 20.2. The second-order valence-electron chi connectivity index (χ2n) is 12.1. The van der Waals surface area contributed by atoms with Crippen LogP contribution in [0.1, 0.15) is 56.3 Å². The molecule has 5 fully saturated rings. The van der Waals surface area contributed by atoms with Gasteiger partial charge in [-0.25, -0.2) is 23.4 Å². The summed E-state index contributed by atoms with van der Waals surface area (Å²) in [5.41, 5.74) is -4.79. The standard InChI is InChI=1S/C23H29F3N8O2S/c24-23(25,26)37(27,36)18-7-29-33(9-18)8-15-3-21(4-15)10-31(11-21)20(35)32-12-22(13-32)5-17(6-22)34-14-28-19(30-34)16-1-2-16/h7,9,14-17,27H,1-6,8,10-13H2. The second kappa shape index (κ2) is 7.48. The number of urea groups is 1. The van der Waals surface area contributed by atoms with E-state index >= 15 is 0 Å². The summed E-state index contributed by atoms with van der Waals surface area (Å²) < 4.78 is 60.9. The monoisotopic (exact) mass is 538 g/mol. The number of halogens is 3. The van der Waals surface area contributed by atoms with Crippen molar-refractivity contribution in [1.29, 1.82) is 4.78 Å². The molecule has 2 aromatic rings. The van der Waals surface area contributed by atoms with Crippen molar-refractivity contribution in [2.24, 2.45) is 16.7 Å². The molecular formula is C23H29F3N8O2S. The third kappa shape index (κ3) is 3.76. The zero-order chi connectivity index (χ0) is 25.8. The molecule has 0 radical (unpaired) electrons. The van der Waals surface area contributed by atoms with Gasteiger partial charge in [-0.1, -0.05) is 0 Å². The number of carbonyl (C=O) groups is 1. The van der Waals surface area contributed by atoms with Gasteiger partial charge in [-0.05, 0) is 44.4 Å². The lowest BCUT2D eigenvalue weighted by Crippen LogP contribution is -2.71. The molecule has 2 amide bonds. The van der Waals surface area contributed by atoms with Crippen LogP contribution in [0, 0.1) is 21.5 Å². The molecule has 5 aliphatic rings. The predicted molar refractivity (Wildman–Crippen MR) is 124 cm³/mol. The summed E-state index contributed by atoms with van der Waals surface area (Å²) in [6, 6.07) is 0.498. The highest BCUT2D eigenvalue weighted by Crippen LogP contribution is 2.56. The molecule has 3 aliphatic carbocycles. The fraction of sp³-hybridized carbons (Fsp3) is 0.739. The van der Waals surface area contributed by atoms with Crippen LogP contribution in [-0.4, -0.2) is 76.3 Å². The number of rotatable bonds is 5. The molecule has 2 aliphatic heterocycles. The normalized spacial score (nSPS) is 26.4. The first-order valence-corrected chi connectivity index (χ1v) is 14.3. The first-order chi connectivity index (χ1) is 17.4. The van der Waals surface area contributed by atoms with Gasteiger partial charge in [-0.3, -0.25) is 4.68 Å². The van der Waals surface area contributed by atoms with Gasteiger partial charge < -0.3 is 9.80 Å². The van der Waals surface area contributed by atoms with E-state index in [9.17, 15) is 22.2 Å². The lowest BCUT2D eigenvalue weighted by molar-refractivity contribution is -0.109. The lowest BCUT2D eigenvalue weighted by Gasteiger charge is -2.63. The van der Waals surface area contributed by atoms with E-state index in [-0.39, 0.29) is 22.8 Å². The Morgan fingerprint density at radius 2 is 1.70 bits per heavy atom. The highest BCUT2D eigenvalue weighted by Gasteiger charge is 2.58. The van der Waals surface area contributed by atoms with Crippen molar-refractivity contribution in [1.82, 2.24) is 34.3 Å². The molecule has 1 unspecified atom stereocenters. The second-order valence-corrected chi connectivity index (χ2v) is 14.1. The van der Waals surface area contributed by atoms with Gasteiger partial charge in [0.15, 0.2) is 15.6 Å². The Morgan fingerprint density at radius 3 is 2.30 bits per heavy atom. The van der Waals surface area contributed by atoms with E-state index in [1.54, 1.807) is 0 Å². The number of nitrogens with zero attached hydrogens (tertiary/aromatic N) is 7. The van der Waals surface area contributed by atoms with Crippen LogP contribution >= 0.6 is 0 Å². The molecule has 4 heterocycles. The summed E-state index contributed by atoms with van der Waals surface area (Å²) in [5.74, 6) is 1.78. The van der Waals surface area contributed by atoms with Gasteiger partial charge in [-0.2, -0.15) is 23.4 Å². The highest BCUT2D eigenvalue weighted by molar-refractivity contribution is 7.93. The minimum absolute atomic E-state index is 0.0989. The topological polar surface area (TPSA) is 113 Å². The maximum absolute atomic E-state index is 12.9. The summed E-state index contributed by atoms with van der Waals surface area (Å²) in [6.07, 6.45) is 10.1. The molecule has 0 bridgehead atoms. The highest BCUT2D eigenvalue weighted by atomic mass is 32.2. The summed E-state index contributed by atoms with van der Waals surface area (Å²) in [5, 5.41) is 8.55. The fourth-order valence-corrected chi connectivity index (χ4v) is 7.65. The maximum atomic E-state index is 12.9. The first kappa shape index (κ1) is 23.5. The third-order valence-corrected chi connectivity index (χ3v) is 10.5. The van der Waals surface area contributed by atoms with E-state index < -0.39 is 20.1 Å². The number of amides is 2. The third-order valence-electron chi connectivity index (χ3n) is 8.98. The lowest BCUT2D eigenvalue weighted by atomic mass is 9.57. The molecule has 1 N–H and O–H groups in total. The van der Waals surface area contributed by atoms with Gasteiger partial charge in [0.25, 0.3) is 0 Å². The Kier molecular flexibility index (Phi) is 4.74. The van der Waals surface area contributed by atoms with Crippen LogP contribution in [0.25, 0.3) is 0 Å². The molecule has 37 heavy (non-hydrogen) atoms. The molecule has 7 rings (SSSR count). The first-order valence-electron chi connectivity index (χ1n) is 12.8. The quantitative estimate of drug-likeness (QED) is 0.627. The molecule has 0 aromatic carbocycles. The molecule has 200 valence electrons. The molecule has 10 nitrogen and oxygen atoms in total. The minimum atomic E-state index is -5.11. The molecule has 3 saturated carbocycles. The van der Waals surface area contributed by atoms with E-state index in [0.29, 0.717) is 18.5 Å². The number of hydrogen-bond donors (Lipinski definition) is 1. The van der Waals surface area contributed by atoms with Crippen molar-refractivity contribution in [2.45, 2.75) is 67.4 Å². The van der Waals surface area contributed by atoms with E-state index in [2.05, 4.69) is 15.2 Å². The van der Waals surface area contributed by atoms with Crippen LogP contribution in [0.5, 0.6) is 0 Å². The van der Waals surface area contributed by atoms with Crippen LogP contribution in [0.4, 0.5) is 18.0 Å². The fourth-order valence-electron chi connectivity index (χ4n) is 6.92. The molecule has 2 aromatic heterocycles. The number of likely N-dealkylation sites (tertiary alicyclic amines) is 2. The zero-order valence-corrected chi connectivity index (χ0v) is 21.0. The van der Waals surface area contributed by atoms with Gasteiger partial charge in [0.1, 0.15) is 6.33 Å². The minimum Gasteiger partial charge on any atom is -0.323 e. The molecule has 1 atom stereocenters. The average molecular weight is 539 g/mol. The SMILES string of the molecule is N=S(=O)(c1cnn(CC2CC3(C2)CN(C(=O)N2CC4(CC(n5cnc(C6CC6)n5)C4)C2)C3)c1)C(F)(F)F. The Labute approximate surface area is 212 Å². The number of alkyl halides is 3. The van der Waals surface area contributed by atoms with Gasteiger partial charge in [0.2, 0.25) is 0 Å². The van der Waals surface area contributed by atoms with Crippen molar-refractivity contribution in [3.8, 4) is 0 Å². The van der Waals surface area contributed by atoms with E-state index in [1.807, 2.05) is 20.8 Å². The van der Waals surface area contributed by atoms with Crippen LogP contribution in [-0.2, 0) is 16.3 Å². The van der Waals surface area contributed by atoms with E-state index in [1.165, 1.54) is 17.5 Å². The van der Waals surface area contributed by atoms with Crippen LogP contribution in [0.15, 0.2) is 23.6 Å². The Bertz CT molecular complexity index is 1340. The Morgan fingerprint density at radius 1 is 1.08 bits per heavy atom. The average Bonchev–Trinajstić information content (AvgIpc) is 3.25. The Hall–Kier alpha value is -2.64.